The molecule has 5 rings (SSSR count). The molecule has 1 aliphatic heterocycles. The highest BCUT2D eigenvalue weighted by Crippen LogP contribution is 2.55. The van der Waals surface area contributed by atoms with Crippen LogP contribution in [0.1, 0.15) is 64.7 Å². The van der Waals surface area contributed by atoms with Crippen LogP contribution in [0.3, 0.4) is 0 Å². The summed E-state index contributed by atoms with van der Waals surface area (Å²) in [6.07, 6.45) is -9.27. The molecule has 16 N–H and O–H groups in total. The molecule has 278 valence electrons. The van der Waals surface area contributed by atoms with Crippen molar-refractivity contribution in [3.05, 3.63) is 0 Å². The zero-order valence-electron chi connectivity index (χ0n) is 27.8. The van der Waals surface area contributed by atoms with Crippen LogP contribution < -0.4 is 28.3 Å². The lowest BCUT2D eigenvalue weighted by atomic mass is 9.61. The van der Waals surface area contributed by atoms with E-state index in [0.29, 0.717) is 6.61 Å². The average Bonchev–Trinajstić information content (AvgIpc) is 3.29. The Labute approximate surface area is 281 Å². The summed E-state index contributed by atoms with van der Waals surface area (Å²) in [5.41, 5.74) is 23.6. The molecule has 16 nitrogen and oxygen atoms in total. The van der Waals surface area contributed by atoms with Crippen LogP contribution in [0.4, 0.5) is 0 Å². The van der Waals surface area contributed by atoms with Gasteiger partial charge >= 0.3 is 0 Å². The molecule has 16 heteroatoms. The van der Waals surface area contributed by atoms with E-state index in [1.165, 1.54) is 0 Å². The predicted octanol–water partition coefficient (Wildman–Crippen LogP) is -4.35. The second-order valence-electron chi connectivity index (χ2n) is 15.5. The molecular formula is C32H59N5O11. The number of aliphatic hydroxyl groups is 7. The zero-order valence-corrected chi connectivity index (χ0v) is 27.8. The summed E-state index contributed by atoms with van der Waals surface area (Å²) in [5.74, 6) is -1.70. The van der Waals surface area contributed by atoms with Gasteiger partial charge in [-0.2, -0.15) is 0 Å². The number of aliphatic hydroxyl groups excluding tert-OH is 7. The fourth-order valence-corrected chi connectivity index (χ4v) is 9.24. The van der Waals surface area contributed by atoms with E-state index in [4.69, 9.17) is 37.1 Å². The van der Waals surface area contributed by atoms with Gasteiger partial charge in [0.1, 0.15) is 36.6 Å². The Hall–Kier alpha value is -1.09. The van der Waals surface area contributed by atoms with Crippen molar-refractivity contribution >= 4 is 5.91 Å². The van der Waals surface area contributed by atoms with Crippen molar-refractivity contribution in [3.63, 3.8) is 0 Å². The van der Waals surface area contributed by atoms with Crippen LogP contribution in [0.15, 0.2) is 0 Å². The number of carbonyl (C=O) groups is 1. The highest BCUT2D eigenvalue weighted by atomic mass is 16.6. The van der Waals surface area contributed by atoms with Gasteiger partial charge in [-0.3, -0.25) is 4.79 Å². The minimum Gasteiger partial charge on any atom is -0.391 e. The Morgan fingerprint density at radius 2 is 1.54 bits per heavy atom. The van der Waals surface area contributed by atoms with Crippen LogP contribution >= 0.6 is 0 Å². The topological polar surface area (TPSA) is 302 Å². The van der Waals surface area contributed by atoms with Crippen LogP contribution in [0.2, 0.25) is 0 Å². The smallest absolute Gasteiger partial charge is 0.249 e. The van der Waals surface area contributed by atoms with E-state index in [2.05, 4.69) is 12.2 Å². The molecule has 4 saturated carbocycles. The minimum atomic E-state index is -1.54. The van der Waals surface area contributed by atoms with Crippen LogP contribution in [0, 0.1) is 17.3 Å². The summed E-state index contributed by atoms with van der Waals surface area (Å²) in [6.45, 7) is 2.62. The number of nitrogens with two attached hydrogens (primary N) is 4. The lowest BCUT2D eigenvalue weighted by Gasteiger charge is -2.51. The largest absolute Gasteiger partial charge is 0.391 e. The Bertz CT molecular complexity index is 1090. The lowest BCUT2D eigenvalue weighted by molar-refractivity contribution is -0.236. The van der Waals surface area contributed by atoms with Crippen molar-refractivity contribution in [3.8, 4) is 0 Å². The summed E-state index contributed by atoms with van der Waals surface area (Å²) in [4.78, 5) is 13.0. The number of nitrogens with one attached hydrogen (secondary N) is 1. The van der Waals surface area contributed by atoms with Gasteiger partial charge in [0.15, 0.2) is 0 Å². The SMILES string of the molecule is C[C@@]12CCCC[C@@]([C@H]3C[C@H](O[C@@H]4[C@@H](O)[C@H](O[C@H]5C[C@H](CN)[C@@H](O)[C@H](O)[C@H]5O)[C@@H](N)C[C@H]4NC(=O)C(O)CCN)[C@H](O)[C@@H](N)[C@@H]3O)(CO1)C2. The lowest BCUT2D eigenvalue weighted by Crippen LogP contribution is -2.69. The van der Waals surface area contributed by atoms with Crippen LogP contribution in [-0.2, 0) is 19.0 Å². The van der Waals surface area contributed by atoms with Crippen molar-refractivity contribution in [2.75, 3.05) is 19.7 Å². The molecule has 4 aliphatic carbocycles. The van der Waals surface area contributed by atoms with Gasteiger partial charge in [-0.1, -0.05) is 12.8 Å². The van der Waals surface area contributed by atoms with E-state index in [1.807, 2.05) is 0 Å². The molecule has 5 aliphatic rings. The third-order valence-electron chi connectivity index (χ3n) is 12.1. The molecule has 0 aromatic carbocycles. The average molecular weight is 690 g/mol. The molecule has 48 heavy (non-hydrogen) atoms. The molecule has 5 fully saturated rings. The number of carbonyl (C=O) groups excluding carboxylic acids is 1. The Morgan fingerprint density at radius 3 is 2.23 bits per heavy atom. The number of ether oxygens (including phenoxy) is 3. The highest BCUT2D eigenvalue weighted by Gasteiger charge is 2.59. The number of fused-ring (bicyclic) bond motifs is 2. The first-order chi connectivity index (χ1) is 22.6. The third-order valence-corrected chi connectivity index (χ3v) is 12.1. The van der Waals surface area contributed by atoms with Gasteiger partial charge in [-0.25, -0.2) is 0 Å². The van der Waals surface area contributed by atoms with Crippen molar-refractivity contribution in [2.24, 2.45) is 40.2 Å². The minimum absolute atomic E-state index is 0.000684. The molecule has 1 saturated heterocycles. The second kappa shape index (κ2) is 15.3. The van der Waals surface area contributed by atoms with Gasteiger partial charge in [0, 0.05) is 17.4 Å². The van der Waals surface area contributed by atoms with Gasteiger partial charge < -0.3 is 78.2 Å². The number of hydrogen-bond donors (Lipinski definition) is 12. The van der Waals surface area contributed by atoms with E-state index in [-0.39, 0.29) is 55.7 Å². The molecule has 2 bridgehead atoms. The maximum absolute atomic E-state index is 13.0. The van der Waals surface area contributed by atoms with Crippen molar-refractivity contribution in [1.29, 1.82) is 0 Å². The first-order valence-corrected chi connectivity index (χ1v) is 17.6. The molecule has 1 heterocycles. The van der Waals surface area contributed by atoms with Crippen LogP contribution in [-0.4, -0.2) is 152 Å². The first kappa shape index (κ1) is 38.1. The maximum Gasteiger partial charge on any atom is 0.249 e. The molecule has 0 spiro atoms. The summed E-state index contributed by atoms with van der Waals surface area (Å²) >= 11 is 0. The van der Waals surface area contributed by atoms with Crippen molar-refractivity contribution in [1.82, 2.24) is 5.32 Å². The fraction of sp³-hybridized carbons (Fsp3) is 0.969. The van der Waals surface area contributed by atoms with E-state index < -0.39 is 97.1 Å². The number of hydrogen-bond acceptors (Lipinski definition) is 15. The van der Waals surface area contributed by atoms with Gasteiger partial charge in [0.25, 0.3) is 0 Å². The second-order valence-corrected chi connectivity index (χ2v) is 15.5. The summed E-state index contributed by atoms with van der Waals surface area (Å²) in [5, 5.41) is 79.3. The molecule has 0 aromatic heterocycles. The predicted molar refractivity (Wildman–Crippen MR) is 171 cm³/mol. The van der Waals surface area contributed by atoms with Gasteiger partial charge in [-0.15, -0.1) is 0 Å². The fourth-order valence-electron chi connectivity index (χ4n) is 9.24. The van der Waals surface area contributed by atoms with Gasteiger partial charge in [0.05, 0.1) is 54.8 Å². The molecule has 0 aromatic rings. The Morgan fingerprint density at radius 1 is 0.875 bits per heavy atom. The summed E-state index contributed by atoms with van der Waals surface area (Å²) < 4.78 is 19.0. The van der Waals surface area contributed by atoms with Crippen LogP contribution in [0.25, 0.3) is 0 Å². The number of amides is 1. The van der Waals surface area contributed by atoms with Crippen LogP contribution in [0.5, 0.6) is 0 Å². The van der Waals surface area contributed by atoms with Gasteiger partial charge in [-0.05, 0) is 70.9 Å². The van der Waals surface area contributed by atoms with E-state index >= 15 is 0 Å². The molecule has 1 amide bonds. The maximum atomic E-state index is 13.0. The summed E-state index contributed by atoms with van der Waals surface area (Å²) in [7, 11) is 0. The summed E-state index contributed by atoms with van der Waals surface area (Å²) in [6, 6.07) is -2.92. The van der Waals surface area contributed by atoms with Crippen molar-refractivity contribution in [2.45, 2.75) is 156 Å². The van der Waals surface area contributed by atoms with E-state index in [1.54, 1.807) is 0 Å². The highest BCUT2D eigenvalue weighted by molar-refractivity contribution is 5.80. The Balaban J connectivity index is 1.40. The molecular weight excluding hydrogens is 630 g/mol. The molecule has 18 atom stereocenters. The van der Waals surface area contributed by atoms with E-state index in [0.717, 1.165) is 32.1 Å². The van der Waals surface area contributed by atoms with E-state index in [9.17, 15) is 40.5 Å². The zero-order chi connectivity index (χ0) is 35.1. The Kier molecular flexibility index (Phi) is 12.1. The first-order valence-electron chi connectivity index (χ1n) is 17.6. The molecule has 0 radical (unpaired) electrons. The quantitative estimate of drug-likeness (QED) is 0.103. The monoisotopic (exact) mass is 689 g/mol. The normalized spacial score (nSPS) is 50.5. The number of rotatable bonds is 10. The van der Waals surface area contributed by atoms with Gasteiger partial charge in [0.2, 0.25) is 5.91 Å². The standard InChI is InChI=1S/C32H59N5O11/c1-31-5-2-3-6-32(12-31,13-46-31)15-9-20(24(41)21(36)23(15)40)48-29-17(37-30(45)18(38)4-7-33)10-16(35)28(27(29)44)47-19-8-14(11-34)22(39)26(43)25(19)42/h14-29,38-44H,2-13,33-36H2,1H3,(H,37,45)/t14-,15+,16+,17-,18?,19+,20+,21+,22-,23-,24+,25+,26+,27+,28-,29+,31+,32+/m1/s1. The van der Waals surface area contributed by atoms with Crippen molar-refractivity contribution < 1.29 is 54.8 Å². The molecule has 1 unspecified atom stereocenters. The third kappa shape index (κ3) is 7.44.